The molecule has 0 amide bonds. The summed E-state index contributed by atoms with van der Waals surface area (Å²) in [4.78, 5) is 7.44. The lowest BCUT2D eigenvalue weighted by Crippen LogP contribution is -1.96. The molecule has 0 unspecified atom stereocenters. The summed E-state index contributed by atoms with van der Waals surface area (Å²) < 4.78 is 0. The maximum Gasteiger partial charge on any atom is 0.0451 e. The lowest BCUT2D eigenvalue weighted by Gasteiger charge is -1.86. The molecule has 0 atom stereocenters. The number of rotatable bonds is 3. The predicted molar refractivity (Wildman–Crippen MR) is 50.6 cm³/mol. The second-order valence-electron chi connectivity index (χ2n) is 2.39. The van der Waals surface area contributed by atoms with E-state index in [2.05, 4.69) is 16.9 Å². The van der Waals surface area contributed by atoms with Gasteiger partial charge in [0.25, 0.3) is 0 Å². The number of hydrogen-bond donors (Lipinski definition) is 1. The molecule has 2 N–H and O–H groups in total. The van der Waals surface area contributed by atoms with Gasteiger partial charge in [0.1, 0.15) is 0 Å². The van der Waals surface area contributed by atoms with Crippen molar-refractivity contribution in [2.45, 2.75) is 26.2 Å². The zero-order valence-electron chi connectivity index (χ0n) is 7.61. The molecule has 0 aliphatic carbocycles. The largest absolute Gasteiger partial charge is 0.330 e. The van der Waals surface area contributed by atoms with E-state index in [1.54, 1.807) is 24.8 Å². The standard InChI is InChI=1S/C5H13N.C4H4N2/c1-2-3-4-5-6;1-2-6-4-3-5-1/h2-6H2,1H3;1-4H. The van der Waals surface area contributed by atoms with Crippen molar-refractivity contribution in [1.82, 2.24) is 9.97 Å². The van der Waals surface area contributed by atoms with Gasteiger partial charge in [0.2, 0.25) is 0 Å². The van der Waals surface area contributed by atoms with Crippen LogP contribution in [0.1, 0.15) is 26.2 Å². The van der Waals surface area contributed by atoms with Crippen LogP contribution in [0.3, 0.4) is 0 Å². The first-order chi connectivity index (χ1) is 5.91. The van der Waals surface area contributed by atoms with E-state index in [4.69, 9.17) is 5.73 Å². The molecule has 1 rings (SSSR count). The SMILES string of the molecule is CCCCCN.c1cnccn1. The summed E-state index contributed by atoms with van der Waals surface area (Å²) >= 11 is 0. The van der Waals surface area contributed by atoms with Crippen molar-refractivity contribution < 1.29 is 0 Å². The molecule has 3 heteroatoms. The van der Waals surface area contributed by atoms with E-state index in [1.165, 1.54) is 19.3 Å². The predicted octanol–water partition coefficient (Wildman–Crippen LogP) is 1.61. The Balaban J connectivity index is 0.000000202. The van der Waals surface area contributed by atoms with Crippen molar-refractivity contribution in [2.24, 2.45) is 5.73 Å². The third kappa shape index (κ3) is 9.04. The molecule has 12 heavy (non-hydrogen) atoms. The monoisotopic (exact) mass is 167 g/mol. The molecule has 1 aromatic rings. The average Bonchev–Trinajstić information content (AvgIpc) is 2.18. The fourth-order valence-corrected chi connectivity index (χ4v) is 0.648. The van der Waals surface area contributed by atoms with Gasteiger partial charge >= 0.3 is 0 Å². The Bertz CT molecular complexity index is 122. The molecular weight excluding hydrogens is 150 g/mol. The van der Waals surface area contributed by atoms with E-state index >= 15 is 0 Å². The van der Waals surface area contributed by atoms with E-state index in [0.717, 1.165) is 6.54 Å². The number of aromatic nitrogens is 2. The first-order valence-corrected chi connectivity index (χ1v) is 4.31. The molecule has 1 heterocycles. The van der Waals surface area contributed by atoms with Crippen molar-refractivity contribution in [3.05, 3.63) is 24.8 Å². The minimum Gasteiger partial charge on any atom is -0.330 e. The molecule has 0 fully saturated rings. The summed E-state index contributed by atoms with van der Waals surface area (Å²) in [7, 11) is 0. The highest BCUT2D eigenvalue weighted by Gasteiger charge is 1.75. The van der Waals surface area contributed by atoms with Crippen molar-refractivity contribution in [3.63, 3.8) is 0 Å². The van der Waals surface area contributed by atoms with Crippen LogP contribution in [0.15, 0.2) is 24.8 Å². The number of nitrogens with zero attached hydrogens (tertiary/aromatic N) is 2. The van der Waals surface area contributed by atoms with Crippen LogP contribution < -0.4 is 5.73 Å². The van der Waals surface area contributed by atoms with Gasteiger partial charge in [-0.25, -0.2) is 0 Å². The van der Waals surface area contributed by atoms with Crippen molar-refractivity contribution in [2.75, 3.05) is 6.54 Å². The van der Waals surface area contributed by atoms with Crippen molar-refractivity contribution in [3.8, 4) is 0 Å². The third-order valence-electron chi connectivity index (χ3n) is 1.29. The summed E-state index contributed by atoms with van der Waals surface area (Å²) in [5.74, 6) is 0. The van der Waals surface area contributed by atoms with E-state index in [-0.39, 0.29) is 0 Å². The summed E-state index contributed by atoms with van der Waals surface area (Å²) in [5.41, 5.74) is 5.21. The van der Waals surface area contributed by atoms with Crippen LogP contribution in [-0.2, 0) is 0 Å². The fourth-order valence-electron chi connectivity index (χ4n) is 0.648. The molecule has 1 aromatic heterocycles. The molecular formula is C9H17N3. The molecule has 68 valence electrons. The Morgan fingerprint density at radius 2 is 1.50 bits per heavy atom. The molecule has 0 aliphatic heterocycles. The summed E-state index contributed by atoms with van der Waals surface area (Å²) in [5, 5.41) is 0. The third-order valence-corrected chi connectivity index (χ3v) is 1.29. The highest BCUT2D eigenvalue weighted by atomic mass is 14.7. The smallest absolute Gasteiger partial charge is 0.0451 e. The molecule has 0 radical (unpaired) electrons. The van der Waals surface area contributed by atoms with Gasteiger partial charge in [-0.1, -0.05) is 19.8 Å². The highest BCUT2D eigenvalue weighted by molar-refractivity contribution is 4.70. The topological polar surface area (TPSA) is 51.8 Å². The zero-order valence-corrected chi connectivity index (χ0v) is 7.61. The second-order valence-corrected chi connectivity index (χ2v) is 2.39. The summed E-state index contributed by atoms with van der Waals surface area (Å²) in [6.07, 6.45) is 10.3. The van der Waals surface area contributed by atoms with Gasteiger partial charge in [-0.15, -0.1) is 0 Å². The van der Waals surface area contributed by atoms with Crippen LogP contribution >= 0.6 is 0 Å². The molecule has 3 nitrogen and oxygen atoms in total. The molecule has 0 aromatic carbocycles. The number of unbranched alkanes of at least 4 members (excludes halogenated alkanes) is 2. The van der Waals surface area contributed by atoms with E-state index < -0.39 is 0 Å². The Hall–Kier alpha value is -0.960. The van der Waals surface area contributed by atoms with E-state index in [1.807, 2.05) is 0 Å². The zero-order chi connectivity index (χ0) is 9.07. The van der Waals surface area contributed by atoms with Crippen LogP contribution in [0.4, 0.5) is 0 Å². The first kappa shape index (κ1) is 11.0. The number of hydrogen-bond acceptors (Lipinski definition) is 3. The maximum absolute atomic E-state index is 5.21. The Morgan fingerprint density at radius 3 is 1.67 bits per heavy atom. The van der Waals surface area contributed by atoms with Crippen LogP contribution in [0.2, 0.25) is 0 Å². The normalized spacial score (nSPS) is 8.50. The van der Waals surface area contributed by atoms with Gasteiger partial charge in [0.15, 0.2) is 0 Å². The molecule has 0 saturated heterocycles. The van der Waals surface area contributed by atoms with Gasteiger partial charge in [0.05, 0.1) is 0 Å². The van der Waals surface area contributed by atoms with E-state index in [0.29, 0.717) is 0 Å². The first-order valence-electron chi connectivity index (χ1n) is 4.31. The van der Waals surface area contributed by atoms with Crippen molar-refractivity contribution in [1.29, 1.82) is 0 Å². The quantitative estimate of drug-likeness (QED) is 0.696. The lowest BCUT2D eigenvalue weighted by atomic mass is 10.3. The molecule has 0 saturated carbocycles. The maximum atomic E-state index is 5.21. The minimum atomic E-state index is 0.855. The number of nitrogens with two attached hydrogens (primary N) is 1. The Kier molecular flexibility index (Phi) is 9.24. The van der Waals surface area contributed by atoms with Gasteiger partial charge in [0, 0.05) is 24.8 Å². The van der Waals surface area contributed by atoms with Gasteiger partial charge in [-0.2, -0.15) is 0 Å². The lowest BCUT2D eigenvalue weighted by molar-refractivity contribution is 0.727. The van der Waals surface area contributed by atoms with Gasteiger partial charge in [-0.3, -0.25) is 9.97 Å². The average molecular weight is 167 g/mol. The van der Waals surface area contributed by atoms with Crippen LogP contribution in [0, 0.1) is 0 Å². The van der Waals surface area contributed by atoms with Gasteiger partial charge < -0.3 is 5.73 Å². The Labute approximate surface area is 74.0 Å². The second kappa shape index (κ2) is 10.0. The molecule has 0 aliphatic rings. The highest BCUT2D eigenvalue weighted by Crippen LogP contribution is 1.88. The van der Waals surface area contributed by atoms with Crippen LogP contribution in [-0.4, -0.2) is 16.5 Å². The Morgan fingerprint density at radius 1 is 1.00 bits per heavy atom. The molecule has 0 bridgehead atoms. The van der Waals surface area contributed by atoms with Crippen LogP contribution in [0.5, 0.6) is 0 Å². The summed E-state index contributed by atoms with van der Waals surface area (Å²) in [6, 6.07) is 0. The van der Waals surface area contributed by atoms with Crippen molar-refractivity contribution >= 4 is 0 Å². The van der Waals surface area contributed by atoms with E-state index in [9.17, 15) is 0 Å². The fraction of sp³-hybridized carbons (Fsp3) is 0.556. The van der Waals surface area contributed by atoms with Gasteiger partial charge in [-0.05, 0) is 13.0 Å². The minimum absolute atomic E-state index is 0.855. The van der Waals surface area contributed by atoms with Crippen LogP contribution in [0.25, 0.3) is 0 Å². The molecule has 0 spiro atoms. The summed E-state index contributed by atoms with van der Waals surface area (Å²) in [6.45, 7) is 3.03.